The number of ether oxygens (including phenoxy) is 1. The van der Waals surface area contributed by atoms with Crippen LogP contribution in [0.5, 0.6) is 0 Å². The topological polar surface area (TPSA) is 73.1 Å². The number of piperidine rings is 1. The molecule has 20 heavy (non-hydrogen) atoms. The number of hydrogen-bond donors (Lipinski definition) is 0. The molecule has 1 saturated carbocycles. The van der Waals surface area contributed by atoms with Crippen LogP contribution in [0.4, 0.5) is 0 Å². The molecule has 1 aromatic rings. The second kappa shape index (κ2) is 5.87. The lowest BCUT2D eigenvalue weighted by Gasteiger charge is -2.30. The van der Waals surface area contributed by atoms with E-state index < -0.39 is 0 Å². The number of tetrazole rings is 1. The van der Waals surface area contributed by atoms with E-state index in [1.165, 1.54) is 12.8 Å². The number of aromatic nitrogens is 4. The zero-order valence-electron chi connectivity index (χ0n) is 11.9. The molecule has 2 aliphatic rings. The molecule has 0 bridgehead atoms. The zero-order valence-corrected chi connectivity index (χ0v) is 11.9. The maximum absolute atomic E-state index is 11.8. The van der Waals surface area contributed by atoms with Crippen molar-refractivity contribution in [1.82, 2.24) is 25.1 Å². The van der Waals surface area contributed by atoms with Crippen molar-refractivity contribution in [2.24, 2.45) is 5.92 Å². The number of carbonyl (C=O) groups is 1. The standard InChI is InChI=1S/C13H21N5O2/c1-2-20-13(19)10-4-3-7-17(8-10)9-12-14-15-16-18(12)11-5-6-11/h10-11H,2-9H2,1H3/t10-/m1/s1. The molecule has 0 N–H and O–H groups in total. The first kappa shape index (κ1) is 13.5. The molecule has 0 spiro atoms. The van der Waals surface area contributed by atoms with Gasteiger partial charge in [-0.05, 0) is 49.6 Å². The van der Waals surface area contributed by atoms with Crippen molar-refractivity contribution in [2.45, 2.75) is 45.2 Å². The highest BCUT2D eigenvalue weighted by atomic mass is 16.5. The molecule has 7 nitrogen and oxygen atoms in total. The summed E-state index contributed by atoms with van der Waals surface area (Å²) in [7, 11) is 0. The van der Waals surface area contributed by atoms with Gasteiger partial charge in [-0.2, -0.15) is 0 Å². The molecular formula is C13H21N5O2. The molecule has 110 valence electrons. The normalized spacial score (nSPS) is 23.8. The highest BCUT2D eigenvalue weighted by molar-refractivity contribution is 5.72. The molecule has 1 aliphatic heterocycles. The Morgan fingerprint density at radius 1 is 1.40 bits per heavy atom. The average Bonchev–Trinajstić information content (AvgIpc) is 3.20. The van der Waals surface area contributed by atoms with Gasteiger partial charge in [-0.25, -0.2) is 4.68 Å². The first-order valence-corrected chi connectivity index (χ1v) is 7.43. The summed E-state index contributed by atoms with van der Waals surface area (Å²) in [6.45, 7) is 4.76. The summed E-state index contributed by atoms with van der Waals surface area (Å²) in [6, 6.07) is 0.491. The van der Waals surface area contributed by atoms with Crippen LogP contribution in [0.3, 0.4) is 0 Å². The summed E-state index contributed by atoms with van der Waals surface area (Å²) >= 11 is 0. The first-order chi connectivity index (χ1) is 9.78. The van der Waals surface area contributed by atoms with Crippen LogP contribution < -0.4 is 0 Å². The Kier molecular flexibility index (Phi) is 3.95. The van der Waals surface area contributed by atoms with Gasteiger partial charge in [0.25, 0.3) is 0 Å². The molecule has 0 radical (unpaired) electrons. The summed E-state index contributed by atoms with van der Waals surface area (Å²) in [6.07, 6.45) is 4.28. The third-order valence-corrected chi connectivity index (χ3v) is 3.94. The number of likely N-dealkylation sites (tertiary alicyclic amines) is 1. The van der Waals surface area contributed by atoms with Crippen molar-refractivity contribution in [1.29, 1.82) is 0 Å². The summed E-state index contributed by atoms with van der Waals surface area (Å²) in [5, 5.41) is 12.0. The minimum atomic E-state index is -0.0704. The molecule has 7 heteroatoms. The van der Waals surface area contributed by atoms with E-state index in [1.54, 1.807) is 0 Å². The molecule has 1 atom stereocenters. The molecule has 0 aromatic carbocycles. The van der Waals surface area contributed by atoms with Gasteiger partial charge in [-0.3, -0.25) is 9.69 Å². The van der Waals surface area contributed by atoms with E-state index in [9.17, 15) is 4.79 Å². The number of hydrogen-bond acceptors (Lipinski definition) is 6. The van der Waals surface area contributed by atoms with E-state index in [4.69, 9.17) is 4.74 Å². The first-order valence-electron chi connectivity index (χ1n) is 7.43. The summed E-state index contributed by atoms with van der Waals surface area (Å²) in [5.41, 5.74) is 0. The minimum Gasteiger partial charge on any atom is -0.466 e. The van der Waals surface area contributed by atoms with Crippen molar-refractivity contribution >= 4 is 5.97 Å². The van der Waals surface area contributed by atoms with Crippen LogP contribution in [0, 0.1) is 5.92 Å². The lowest BCUT2D eigenvalue weighted by molar-refractivity contribution is -0.150. The van der Waals surface area contributed by atoms with Crippen LogP contribution in [0.1, 0.15) is 44.5 Å². The lowest BCUT2D eigenvalue weighted by atomic mass is 9.98. The average molecular weight is 279 g/mol. The van der Waals surface area contributed by atoms with E-state index in [0.717, 1.165) is 38.3 Å². The number of esters is 1. The Morgan fingerprint density at radius 3 is 3.00 bits per heavy atom. The predicted octanol–water partition coefficient (Wildman–Crippen LogP) is 0.783. The second-order valence-electron chi connectivity index (χ2n) is 5.60. The highest BCUT2D eigenvalue weighted by Crippen LogP contribution is 2.34. The van der Waals surface area contributed by atoms with Gasteiger partial charge >= 0.3 is 5.97 Å². The van der Waals surface area contributed by atoms with Crippen LogP contribution in [0.25, 0.3) is 0 Å². The van der Waals surface area contributed by atoms with Gasteiger partial charge in [0.15, 0.2) is 5.82 Å². The van der Waals surface area contributed by atoms with Crippen LogP contribution in [-0.4, -0.2) is 50.8 Å². The van der Waals surface area contributed by atoms with Gasteiger partial charge in [-0.15, -0.1) is 5.10 Å². The quantitative estimate of drug-likeness (QED) is 0.742. The van der Waals surface area contributed by atoms with Gasteiger partial charge in [-0.1, -0.05) is 0 Å². The fourth-order valence-electron chi connectivity index (χ4n) is 2.77. The molecule has 2 heterocycles. The second-order valence-corrected chi connectivity index (χ2v) is 5.60. The number of rotatable bonds is 5. The third kappa shape index (κ3) is 2.98. The molecule has 0 amide bonds. The Morgan fingerprint density at radius 2 is 2.25 bits per heavy atom. The predicted molar refractivity (Wildman–Crippen MR) is 70.7 cm³/mol. The number of carbonyl (C=O) groups excluding carboxylic acids is 1. The van der Waals surface area contributed by atoms with E-state index >= 15 is 0 Å². The van der Waals surface area contributed by atoms with Gasteiger partial charge < -0.3 is 4.74 Å². The van der Waals surface area contributed by atoms with Crippen molar-refractivity contribution in [2.75, 3.05) is 19.7 Å². The molecule has 3 rings (SSSR count). The van der Waals surface area contributed by atoms with Gasteiger partial charge in [0.2, 0.25) is 0 Å². The van der Waals surface area contributed by atoms with Gasteiger partial charge in [0.05, 0.1) is 25.1 Å². The van der Waals surface area contributed by atoms with Crippen molar-refractivity contribution in [3.05, 3.63) is 5.82 Å². The SMILES string of the molecule is CCOC(=O)[C@@H]1CCCN(Cc2nnnn2C2CC2)C1. The molecule has 2 fully saturated rings. The Balaban J connectivity index is 1.59. The van der Waals surface area contributed by atoms with Crippen LogP contribution in [0.15, 0.2) is 0 Å². The van der Waals surface area contributed by atoms with Gasteiger partial charge in [0, 0.05) is 6.54 Å². The Labute approximate surface area is 118 Å². The largest absolute Gasteiger partial charge is 0.466 e. The smallest absolute Gasteiger partial charge is 0.310 e. The van der Waals surface area contributed by atoms with Crippen LogP contribution in [0.2, 0.25) is 0 Å². The zero-order chi connectivity index (χ0) is 13.9. The van der Waals surface area contributed by atoms with E-state index in [1.807, 2.05) is 11.6 Å². The van der Waals surface area contributed by atoms with Crippen molar-refractivity contribution < 1.29 is 9.53 Å². The van der Waals surface area contributed by atoms with Crippen LogP contribution in [-0.2, 0) is 16.1 Å². The molecular weight excluding hydrogens is 258 g/mol. The Bertz CT molecular complexity index is 471. The minimum absolute atomic E-state index is 0.00560. The lowest BCUT2D eigenvalue weighted by Crippen LogP contribution is -2.39. The van der Waals surface area contributed by atoms with Crippen LogP contribution >= 0.6 is 0 Å². The highest BCUT2D eigenvalue weighted by Gasteiger charge is 2.31. The molecule has 1 aliphatic carbocycles. The maximum atomic E-state index is 11.8. The maximum Gasteiger partial charge on any atom is 0.310 e. The van der Waals surface area contributed by atoms with Crippen molar-refractivity contribution in [3.63, 3.8) is 0 Å². The summed E-state index contributed by atoms with van der Waals surface area (Å²) < 4.78 is 7.06. The van der Waals surface area contributed by atoms with Crippen molar-refractivity contribution in [3.8, 4) is 0 Å². The summed E-state index contributed by atoms with van der Waals surface area (Å²) in [5.74, 6) is 0.838. The monoisotopic (exact) mass is 279 g/mol. The third-order valence-electron chi connectivity index (χ3n) is 3.94. The Hall–Kier alpha value is -1.50. The summed E-state index contributed by atoms with van der Waals surface area (Å²) in [4.78, 5) is 14.1. The van der Waals surface area contributed by atoms with E-state index in [-0.39, 0.29) is 11.9 Å². The van der Waals surface area contributed by atoms with E-state index in [0.29, 0.717) is 12.6 Å². The fourth-order valence-corrected chi connectivity index (χ4v) is 2.77. The van der Waals surface area contributed by atoms with Gasteiger partial charge in [0.1, 0.15) is 0 Å². The number of nitrogens with zero attached hydrogens (tertiary/aromatic N) is 5. The fraction of sp³-hybridized carbons (Fsp3) is 0.846. The molecule has 1 aromatic heterocycles. The molecule has 1 saturated heterocycles. The van der Waals surface area contributed by atoms with E-state index in [2.05, 4.69) is 20.4 Å². The molecule has 0 unspecified atom stereocenters.